The van der Waals surface area contributed by atoms with Crippen LogP contribution in [0.5, 0.6) is 5.75 Å². The minimum Gasteiger partial charge on any atom is -0.495 e. The molecule has 0 amide bonds. The van der Waals surface area contributed by atoms with E-state index in [4.69, 9.17) is 4.74 Å². The summed E-state index contributed by atoms with van der Waals surface area (Å²) in [5.41, 5.74) is -0.300. The molecule has 0 spiro atoms. The van der Waals surface area contributed by atoms with Crippen LogP contribution in [0.3, 0.4) is 0 Å². The van der Waals surface area contributed by atoms with Crippen LogP contribution in [-0.4, -0.2) is 39.5 Å². The van der Waals surface area contributed by atoms with Crippen molar-refractivity contribution in [2.75, 3.05) is 20.0 Å². The molecule has 0 radical (unpaired) electrons. The number of benzene rings is 1. The molecule has 1 N–H and O–H groups in total. The van der Waals surface area contributed by atoms with Gasteiger partial charge in [0.05, 0.1) is 13.7 Å². The Morgan fingerprint density at radius 2 is 2.05 bits per heavy atom. The van der Waals surface area contributed by atoms with Gasteiger partial charge in [0.15, 0.2) is 15.9 Å². The number of carbonyl (C=O) groups excluding carboxylic acids is 1. The average molecular weight is 306 g/mol. The number of methoxy groups -OCH3 is 1. The molecule has 8 heteroatoms. The van der Waals surface area contributed by atoms with Crippen LogP contribution in [0, 0.1) is 5.82 Å². The fraction of sp³-hybridized carbons (Fsp3) is 0.417. The normalized spacial score (nSPS) is 12.8. The van der Waals surface area contributed by atoms with Crippen molar-refractivity contribution < 1.29 is 32.2 Å². The lowest BCUT2D eigenvalue weighted by Gasteiger charge is -2.16. The van der Waals surface area contributed by atoms with E-state index >= 15 is 0 Å². The molecule has 20 heavy (non-hydrogen) atoms. The third-order valence-electron chi connectivity index (χ3n) is 2.46. The molecule has 0 fully saturated rings. The molecule has 112 valence electrons. The Morgan fingerprint density at radius 3 is 2.50 bits per heavy atom. The summed E-state index contributed by atoms with van der Waals surface area (Å²) in [6.07, 6.45) is -0.966. The fourth-order valence-electron chi connectivity index (χ4n) is 1.63. The molecule has 1 aromatic carbocycles. The number of carbonyl (C=O) groups is 1. The predicted octanol–water partition coefficient (Wildman–Crippen LogP) is 0.834. The summed E-state index contributed by atoms with van der Waals surface area (Å²) in [6.45, 7) is 1.56. The third-order valence-corrected chi connectivity index (χ3v) is 3.56. The van der Waals surface area contributed by atoms with Crippen molar-refractivity contribution >= 4 is 15.8 Å². The number of sulfone groups is 1. The van der Waals surface area contributed by atoms with E-state index < -0.39 is 32.6 Å². The fourth-order valence-corrected chi connectivity index (χ4v) is 2.50. The van der Waals surface area contributed by atoms with Crippen LogP contribution in [0.2, 0.25) is 0 Å². The highest BCUT2D eigenvalue weighted by molar-refractivity contribution is 7.90. The molecule has 1 aromatic rings. The number of ether oxygens (including phenoxy) is 2. The maximum absolute atomic E-state index is 13.5. The number of halogens is 1. The average Bonchev–Trinajstić information content (AvgIpc) is 2.36. The largest absolute Gasteiger partial charge is 0.495 e. The molecule has 1 rings (SSSR count). The summed E-state index contributed by atoms with van der Waals surface area (Å²) < 4.78 is 46.2. The lowest BCUT2D eigenvalue weighted by molar-refractivity contribution is -0.153. The van der Waals surface area contributed by atoms with Gasteiger partial charge in [0.1, 0.15) is 16.5 Å². The molecule has 0 aliphatic rings. The van der Waals surface area contributed by atoms with Gasteiger partial charge in [-0.05, 0) is 19.1 Å². The number of aliphatic hydroxyl groups is 1. The summed E-state index contributed by atoms with van der Waals surface area (Å²) in [5.74, 6) is -2.21. The summed E-state index contributed by atoms with van der Waals surface area (Å²) >= 11 is 0. The van der Waals surface area contributed by atoms with Gasteiger partial charge in [-0.3, -0.25) is 0 Å². The molecule has 0 aliphatic heterocycles. The predicted molar refractivity (Wildman–Crippen MR) is 67.7 cm³/mol. The van der Waals surface area contributed by atoms with E-state index in [0.29, 0.717) is 0 Å². The highest BCUT2D eigenvalue weighted by Crippen LogP contribution is 2.33. The molecule has 0 heterocycles. The molecular weight excluding hydrogens is 291 g/mol. The number of rotatable bonds is 5. The van der Waals surface area contributed by atoms with E-state index in [1.807, 2.05) is 0 Å². The summed E-state index contributed by atoms with van der Waals surface area (Å²) in [6, 6.07) is 1.59. The molecule has 1 atom stereocenters. The van der Waals surface area contributed by atoms with E-state index in [9.17, 15) is 22.7 Å². The van der Waals surface area contributed by atoms with Crippen LogP contribution >= 0.6 is 0 Å². The van der Waals surface area contributed by atoms with Gasteiger partial charge >= 0.3 is 5.97 Å². The maximum atomic E-state index is 13.5. The van der Waals surface area contributed by atoms with Gasteiger partial charge in [0.25, 0.3) is 0 Å². The van der Waals surface area contributed by atoms with Crippen molar-refractivity contribution in [3.05, 3.63) is 23.5 Å². The van der Waals surface area contributed by atoms with Gasteiger partial charge in [0, 0.05) is 11.8 Å². The van der Waals surface area contributed by atoms with Crippen LogP contribution in [-0.2, 0) is 19.4 Å². The SMILES string of the molecule is CCOC(=O)C(O)c1cc(F)cc(S(C)(=O)=O)c1OC. The van der Waals surface area contributed by atoms with Crippen molar-refractivity contribution in [2.24, 2.45) is 0 Å². The van der Waals surface area contributed by atoms with Crippen LogP contribution < -0.4 is 4.74 Å². The topological polar surface area (TPSA) is 89.9 Å². The van der Waals surface area contributed by atoms with Crippen LogP contribution in [0.25, 0.3) is 0 Å². The van der Waals surface area contributed by atoms with Crippen LogP contribution in [0.15, 0.2) is 17.0 Å². The zero-order valence-corrected chi connectivity index (χ0v) is 12.0. The minimum absolute atomic E-state index is 0.0203. The first-order valence-electron chi connectivity index (χ1n) is 5.64. The van der Waals surface area contributed by atoms with Crippen molar-refractivity contribution in [3.8, 4) is 5.75 Å². The molecule has 0 aliphatic carbocycles. The Hall–Kier alpha value is -1.67. The number of hydrogen-bond donors (Lipinski definition) is 1. The Bertz CT molecular complexity index is 611. The molecule has 0 saturated carbocycles. The zero-order chi connectivity index (χ0) is 15.5. The Morgan fingerprint density at radius 1 is 1.45 bits per heavy atom. The second-order valence-corrected chi connectivity index (χ2v) is 5.94. The summed E-state index contributed by atoms with van der Waals surface area (Å²) in [5, 5.41) is 9.83. The first-order valence-corrected chi connectivity index (χ1v) is 7.53. The highest BCUT2D eigenvalue weighted by Gasteiger charge is 2.28. The Balaban J connectivity index is 3.47. The van der Waals surface area contributed by atoms with Crippen LogP contribution in [0.4, 0.5) is 4.39 Å². The van der Waals surface area contributed by atoms with Gasteiger partial charge in [-0.15, -0.1) is 0 Å². The molecule has 0 aromatic heterocycles. The highest BCUT2D eigenvalue weighted by atomic mass is 32.2. The van der Waals surface area contributed by atoms with Crippen molar-refractivity contribution in [1.29, 1.82) is 0 Å². The van der Waals surface area contributed by atoms with Gasteiger partial charge in [-0.2, -0.15) is 0 Å². The second-order valence-electron chi connectivity index (χ2n) is 3.95. The third kappa shape index (κ3) is 3.45. The molecule has 6 nitrogen and oxygen atoms in total. The van der Waals surface area contributed by atoms with Gasteiger partial charge in [0.2, 0.25) is 0 Å². The van der Waals surface area contributed by atoms with E-state index in [0.717, 1.165) is 25.5 Å². The number of esters is 1. The first-order chi connectivity index (χ1) is 9.22. The second kappa shape index (κ2) is 6.19. The van der Waals surface area contributed by atoms with Gasteiger partial charge < -0.3 is 14.6 Å². The maximum Gasteiger partial charge on any atom is 0.339 e. The molecule has 0 saturated heterocycles. The molecular formula is C12H15FO6S. The molecule has 0 bridgehead atoms. The smallest absolute Gasteiger partial charge is 0.339 e. The number of aliphatic hydroxyl groups excluding tert-OH is 1. The first kappa shape index (κ1) is 16.4. The van der Waals surface area contributed by atoms with Crippen molar-refractivity contribution in [3.63, 3.8) is 0 Å². The van der Waals surface area contributed by atoms with Gasteiger partial charge in [-0.1, -0.05) is 0 Å². The van der Waals surface area contributed by atoms with Crippen molar-refractivity contribution in [1.82, 2.24) is 0 Å². The summed E-state index contributed by atoms with van der Waals surface area (Å²) in [7, 11) is -2.63. The minimum atomic E-state index is -3.79. The standard InChI is InChI=1S/C12H15FO6S/c1-4-19-12(15)10(14)8-5-7(13)6-9(11(8)18-2)20(3,16)17/h5-6,10,14H,4H2,1-3H3. The molecule has 1 unspecified atom stereocenters. The quantitative estimate of drug-likeness (QED) is 0.811. The Kier molecular flexibility index (Phi) is 5.07. The lowest BCUT2D eigenvalue weighted by atomic mass is 10.1. The van der Waals surface area contributed by atoms with E-state index in [1.165, 1.54) is 6.92 Å². The van der Waals surface area contributed by atoms with E-state index in [1.54, 1.807) is 0 Å². The Labute approximate surface area is 116 Å². The lowest BCUT2D eigenvalue weighted by Crippen LogP contribution is -2.17. The summed E-state index contributed by atoms with van der Waals surface area (Å²) in [4.78, 5) is 11.0. The van der Waals surface area contributed by atoms with Gasteiger partial charge in [-0.25, -0.2) is 17.6 Å². The zero-order valence-electron chi connectivity index (χ0n) is 11.2. The van der Waals surface area contributed by atoms with Crippen molar-refractivity contribution in [2.45, 2.75) is 17.9 Å². The van der Waals surface area contributed by atoms with E-state index in [-0.39, 0.29) is 17.9 Å². The van der Waals surface area contributed by atoms with Crippen LogP contribution in [0.1, 0.15) is 18.6 Å². The monoisotopic (exact) mass is 306 g/mol. The van der Waals surface area contributed by atoms with E-state index in [2.05, 4.69) is 4.74 Å². The number of hydrogen-bond acceptors (Lipinski definition) is 6.